The Hall–Kier alpha value is -4.33. The summed E-state index contributed by atoms with van der Waals surface area (Å²) in [4.78, 5) is 25.2. The predicted octanol–water partition coefficient (Wildman–Crippen LogP) is 6.56. The third-order valence-corrected chi connectivity index (χ3v) is 5.88. The second-order valence-electron chi connectivity index (χ2n) is 7.89. The summed E-state index contributed by atoms with van der Waals surface area (Å²) >= 11 is 12.0. The van der Waals surface area contributed by atoms with E-state index in [4.69, 9.17) is 37.4 Å². The van der Waals surface area contributed by atoms with E-state index >= 15 is 0 Å². The Labute approximate surface area is 229 Å². The molecule has 4 aromatic carbocycles. The van der Waals surface area contributed by atoms with Crippen molar-refractivity contribution in [3.8, 4) is 17.2 Å². The number of rotatable bonds is 9. The summed E-state index contributed by atoms with van der Waals surface area (Å²) < 4.78 is 16.6. The fraction of sp³-hybridized carbons (Fsp3) is 0.0690. The molecule has 4 rings (SSSR count). The number of hydrogen-bond donors (Lipinski definition) is 1. The molecular weight excluding hydrogens is 527 g/mol. The lowest BCUT2D eigenvalue weighted by Crippen LogP contribution is -2.18. The highest BCUT2D eigenvalue weighted by molar-refractivity contribution is 6.33. The van der Waals surface area contributed by atoms with E-state index in [0.29, 0.717) is 27.6 Å². The maximum absolute atomic E-state index is 12.8. The monoisotopic (exact) mass is 548 g/mol. The number of nitrogens with one attached hydrogen (secondary N) is 1. The van der Waals surface area contributed by atoms with Crippen molar-refractivity contribution in [3.63, 3.8) is 0 Å². The Kier molecular flexibility index (Phi) is 8.98. The van der Waals surface area contributed by atoms with Crippen molar-refractivity contribution in [2.45, 2.75) is 6.61 Å². The maximum Gasteiger partial charge on any atom is 0.345 e. The van der Waals surface area contributed by atoms with Crippen LogP contribution in [0.4, 0.5) is 0 Å². The maximum atomic E-state index is 12.8. The number of halogens is 2. The lowest BCUT2D eigenvalue weighted by atomic mass is 10.2. The van der Waals surface area contributed by atoms with Crippen molar-refractivity contribution in [1.82, 2.24) is 5.43 Å². The van der Waals surface area contributed by atoms with Gasteiger partial charge in [0, 0.05) is 5.02 Å². The predicted molar refractivity (Wildman–Crippen MR) is 147 cm³/mol. The molecule has 9 heteroatoms. The molecule has 0 saturated heterocycles. The lowest BCUT2D eigenvalue weighted by molar-refractivity contribution is 0.0729. The molecule has 0 radical (unpaired) electrons. The van der Waals surface area contributed by atoms with Crippen molar-refractivity contribution in [1.29, 1.82) is 0 Å². The Morgan fingerprint density at radius 1 is 0.842 bits per heavy atom. The van der Waals surface area contributed by atoms with Gasteiger partial charge in [0.1, 0.15) is 12.4 Å². The first kappa shape index (κ1) is 26.7. The minimum atomic E-state index is -0.612. The van der Waals surface area contributed by atoms with E-state index in [0.717, 1.165) is 5.56 Å². The smallest absolute Gasteiger partial charge is 0.345 e. The van der Waals surface area contributed by atoms with E-state index in [1.165, 1.54) is 13.3 Å². The highest BCUT2D eigenvalue weighted by Crippen LogP contribution is 2.29. The summed E-state index contributed by atoms with van der Waals surface area (Å²) in [5.74, 6) is -0.113. The van der Waals surface area contributed by atoms with Crippen molar-refractivity contribution >= 4 is 41.3 Å². The number of nitrogens with zero attached hydrogens (tertiary/aromatic N) is 1. The summed E-state index contributed by atoms with van der Waals surface area (Å²) in [6, 6.07) is 25.6. The van der Waals surface area contributed by atoms with Gasteiger partial charge in [0.05, 0.1) is 29.5 Å². The number of carbonyl (C=O) groups excluding carboxylic acids is 2. The zero-order valence-corrected chi connectivity index (χ0v) is 21.7. The van der Waals surface area contributed by atoms with E-state index in [1.54, 1.807) is 78.9 Å². The van der Waals surface area contributed by atoms with E-state index in [2.05, 4.69) is 10.5 Å². The van der Waals surface area contributed by atoms with Crippen LogP contribution in [0.5, 0.6) is 17.2 Å². The lowest BCUT2D eigenvalue weighted by Gasteiger charge is -2.11. The van der Waals surface area contributed by atoms with Crippen LogP contribution in [0.1, 0.15) is 31.8 Å². The molecule has 0 aliphatic heterocycles. The van der Waals surface area contributed by atoms with E-state index in [-0.39, 0.29) is 22.9 Å². The van der Waals surface area contributed by atoms with Crippen LogP contribution in [0.2, 0.25) is 10.0 Å². The summed E-state index contributed by atoms with van der Waals surface area (Å²) in [6.07, 6.45) is 1.44. The Morgan fingerprint density at radius 3 is 2.29 bits per heavy atom. The number of carbonyl (C=O) groups is 2. The van der Waals surface area contributed by atoms with Crippen LogP contribution in [-0.2, 0) is 6.61 Å². The largest absolute Gasteiger partial charge is 0.493 e. The van der Waals surface area contributed by atoms with Crippen LogP contribution in [0.15, 0.2) is 96.1 Å². The molecule has 0 aliphatic rings. The molecule has 38 heavy (non-hydrogen) atoms. The van der Waals surface area contributed by atoms with Gasteiger partial charge < -0.3 is 14.2 Å². The summed E-state index contributed by atoms with van der Waals surface area (Å²) in [6.45, 7) is 0.276. The highest BCUT2D eigenvalue weighted by Gasteiger charge is 2.16. The molecule has 7 nitrogen and oxygen atoms in total. The average Bonchev–Trinajstić information content (AvgIpc) is 2.93. The number of ether oxygens (including phenoxy) is 3. The van der Waals surface area contributed by atoms with Crippen LogP contribution in [-0.4, -0.2) is 25.2 Å². The first-order valence-electron chi connectivity index (χ1n) is 11.4. The standard InChI is InChI=1S/C29H22Cl2N2O5/c1-36-27-16-20(12-15-26(27)38-29(35)22-6-2-4-8-24(22)31)17-32-33-28(34)23-7-3-5-9-25(23)37-18-19-10-13-21(30)14-11-19/h2-17H,18H2,1H3,(H,33,34)/b32-17-. The molecule has 0 unspecified atom stereocenters. The minimum absolute atomic E-state index is 0.213. The molecule has 0 aliphatic carbocycles. The van der Waals surface area contributed by atoms with Gasteiger partial charge in [0.2, 0.25) is 0 Å². The van der Waals surface area contributed by atoms with Gasteiger partial charge >= 0.3 is 5.97 Å². The summed E-state index contributed by atoms with van der Waals surface area (Å²) in [5, 5.41) is 4.96. The number of esters is 1. The molecule has 0 fully saturated rings. The van der Waals surface area contributed by atoms with Gasteiger partial charge in [-0.3, -0.25) is 4.79 Å². The average molecular weight is 549 g/mol. The second kappa shape index (κ2) is 12.8. The second-order valence-corrected chi connectivity index (χ2v) is 8.73. The van der Waals surface area contributed by atoms with Crippen LogP contribution in [0, 0.1) is 0 Å². The third-order valence-electron chi connectivity index (χ3n) is 5.30. The summed E-state index contributed by atoms with van der Waals surface area (Å²) in [5.41, 5.74) is 4.59. The van der Waals surface area contributed by atoms with E-state index < -0.39 is 11.9 Å². The van der Waals surface area contributed by atoms with Gasteiger partial charge in [0.25, 0.3) is 5.91 Å². The van der Waals surface area contributed by atoms with Crippen LogP contribution >= 0.6 is 23.2 Å². The Morgan fingerprint density at radius 2 is 1.55 bits per heavy atom. The van der Waals surface area contributed by atoms with Gasteiger partial charge in [-0.1, -0.05) is 59.6 Å². The van der Waals surface area contributed by atoms with Crippen LogP contribution < -0.4 is 19.6 Å². The molecule has 0 spiro atoms. The molecule has 0 aromatic heterocycles. The number of methoxy groups -OCH3 is 1. The zero-order chi connectivity index (χ0) is 26.9. The minimum Gasteiger partial charge on any atom is -0.493 e. The molecule has 4 aromatic rings. The van der Waals surface area contributed by atoms with E-state index in [1.807, 2.05) is 12.1 Å². The molecule has 192 valence electrons. The Balaban J connectivity index is 1.40. The molecule has 0 bridgehead atoms. The Bertz CT molecular complexity index is 1470. The number of benzene rings is 4. The topological polar surface area (TPSA) is 86.2 Å². The van der Waals surface area contributed by atoms with Crippen molar-refractivity contribution < 1.29 is 23.8 Å². The van der Waals surface area contributed by atoms with Crippen molar-refractivity contribution in [2.24, 2.45) is 5.10 Å². The number of para-hydroxylation sites is 1. The molecular formula is C29H22Cl2N2O5. The molecule has 0 heterocycles. The first-order valence-corrected chi connectivity index (χ1v) is 12.1. The SMILES string of the molecule is COc1cc(/C=N\NC(=O)c2ccccc2OCc2ccc(Cl)cc2)ccc1OC(=O)c1ccccc1Cl. The molecule has 0 saturated carbocycles. The van der Waals surface area contributed by atoms with E-state index in [9.17, 15) is 9.59 Å². The molecule has 1 amide bonds. The van der Waals surface area contributed by atoms with Crippen LogP contribution in [0.3, 0.4) is 0 Å². The fourth-order valence-corrected chi connectivity index (χ4v) is 3.72. The number of hydrazone groups is 1. The number of hydrogen-bond acceptors (Lipinski definition) is 6. The van der Waals surface area contributed by atoms with Crippen molar-refractivity contribution in [2.75, 3.05) is 7.11 Å². The van der Waals surface area contributed by atoms with Gasteiger partial charge in [0.15, 0.2) is 11.5 Å². The van der Waals surface area contributed by atoms with Gasteiger partial charge in [-0.2, -0.15) is 5.10 Å². The number of amides is 1. The molecule has 1 N–H and O–H groups in total. The fourth-order valence-electron chi connectivity index (χ4n) is 3.38. The third kappa shape index (κ3) is 6.91. The van der Waals surface area contributed by atoms with Crippen LogP contribution in [0.25, 0.3) is 0 Å². The van der Waals surface area contributed by atoms with Gasteiger partial charge in [-0.25, -0.2) is 10.2 Å². The zero-order valence-electron chi connectivity index (χ0n) is 20.2. The molecule has 0 atom stereocenters. The normalized spacial score (nSPS) is 10.7. The van der Waals surface area contributed by atoms with Gasteiger partial charge in [-0.15, -0.1) is 0 Å². The van der Waals surface area contributed by atoms with Gasteiger partial charge in [-0.05, 0) is 65.7 Å². The quantitative estimate of drug-likeness (QED) is 0.111. The first-order chi connectivity index (χ1) is 18.4. The summed E-state index contributed by atoms with van der Waals surface area (Å²) in [7, 11) is 1.45. The highest BCUT2D eigenvalue weighted by atomic mass is 35.5. The van der Waals surface area contributed by atoms with Crippen molar-refractivity contribution in [3.05, 3.63) is 123 Å².